The molecule has 0 saturated carbocycles. The van der Waals surface area contributed by atoms with Gasteiger partial charge in [-0.25, -0.2) is 0 Å². The largest absolute Gasteiger partial charge is 0.492 e. The van der Waals surface area contributed by atoms with E-state index in [1.165, 1.54) is 6.07 Å². The highest BCUT2D eigenvalue weighted by Crippen LogP contribution is 2.31. The fourth-order valence-corrected chi connectivity index (χ4v) is 2.54. The predicted molar refractivity (Wildman–Crippen MR) is 86.0 cm³/mol. The van der Waals surface area contributed by atoms with Crippen LogP contribution in [0.4, 0.5) is 0 Å². The van der Waals surface area contributed by atoms with Crippen LogP contribution in [0.5, 0.6) is 5.88 Å². The molecule has 0 unspecified atom stereocenters. The van der Waals surface area contributed by atoms with Gasteiger partial charge in [0.2, 0.25) is 5.88 Å². The number of aromatic nitrogens is 5. The van der Waals surface area contributed by atoms with E-state index < -0.39 is 5.56 Å². The van der Waals surface area contributed by atoms with Crippen LogP contribution in [-0.2, 0) is 0 Å². The maximum absolute atomic E-state index is 12.3. The lowest BCUT2D eigenvalue weighted by Gasteiger charge is -2.03. The third-order valence-electron chi connectivity index (χ3n) is 3.49. The van der Waals surface area contributed by atoms with Crippen molar-refractivity contribution < 1.29 is 9.63 Å². The third kappa shape index (κ3) is 2.24. The Labute approximate surface area is 139 Å². The zero-order chi connectivity index (χ0) is 16.8. The number of nitrogens with one attached hydrogen (secondary N) is 1. The topological polar surface area (TPSA) is 109 Å². The van der Waals surface area contributed by atoms with Gasteiger partial charge in [-0.2, -0.15) is 9.50 Å². The van der Waals surface area contributed by atoms with Gasteiger partial charge in [0.05, 0.1) is 5.69 Å². The van der Waals surface area contributed by atoms with Gasteiger partial charge in [0.1, 0.15) is 5.56 Å². The van der Waals surface area contributed by atoms with E-state index in [-0.39, 0.29) is 23.0 Å². The quantitative estimate of drug-likeness (QED) is 0.578. The van der Waals surface area contributed by atoms with Crippen LogP contribution in [0.1, 0.15) is 5.82 Å². The molecule has 0 bridgehead atoms. The molecular formula is C15H10ClN5O3. The molecule has 9 heteroatoms. The number of nitrogens with zero attached hydrogens (tertiary/aromatic N) is 4. The average Bonchev–Trinajstić information content (AvgIpc) is 3.11. The van der Waals surface area contributed by atoms with E-state index in [9.17, 15) is 9.90 Å². The van der Waals surface area contributed by atoms with Gasteiger partial charge < -0.3 is 14.6 Å². The molecular weight excluding hydrogens is 334 g/mol. The molecule has 8 nitrogen and oxygen atoms in total. The van der Waals surface area contributed by atoms with E-state index in [1.807, 2.05) is 0 Å². The van der Waals surface area contributed by atoms with Crippen molar-refractivity contribution in [2.24, 2.45) is 0 Å². The molecule has 0 spiro atoms. The van der Waals surface area contributed by atoms with Gasteiger partial charge in [0, 0.05) is 11.1 Å². The van der Waals surface area contributed by atoms with Crippen LogP contribution in [0, 0.1) is 6.92 Å². The first-order chi connectivity index (χ1) is 11.5. The van der Waals surface area contributed by atoms with Crippen LogP contribution in [0.25, 0.3) is 28.4 Å². The smallest absolute Gasteiger partial charge is 0.275 e. The van der Waals surface area contributed by atoms with Crippen molar-refractivity contribution in [3.8, 4) is 28.6 Å². The lowest BCUT2D eigenvalue weighted by atomic mass is 10.1. The van der Waals surface area contributed by atoms with E-state index in [4.69, 9.17) is 16.1 Å². The van der Waals surface area contributed by atoms with Crippen molar-refractivity contribution in [3.63, 3.8) is 0 Å². The number of fused-ring (bicyclic) bond motifs is 1. The lowest BCUT2D eigenvalue weighted by molar-refractivity contribution is 0.417. The van der Waals surface area contributed by atoms with E-state index in [1.54, 1.807) is 31.2 Å². The first-order valence-electron chi connectivity index (χ1n) is 6.94. The minimum Gasteiger partial charge on any atom is -0.492 e. The number of aromatic amines is 1. The number of aryl methyl sites for hydroxylation is 1. The van der Waals surface area contributed by atoms with Crippen LogP contribution in [0.15, 0.2) is 39.6 Å². The van der Waals surface area contributed by atoms with Crippen LogP contribution in [0.3, 0.4) is 0 Å². The Morgan fingerprint density at radius 3 is 2.71 bits per heavy atom. The minimum absolute atomic E-state index is 0.0731. The van der Waals surface area contributed by atoms with Gasteiger partial charge in [-0.15, -0.1) is 5.10 Å². The van der Waals surface area contributed by atoms with Gasteiger partial charge in [-0.05, 0) is 24.6 Å². The summed E-state index contributed by atoms with van der Waals surface area (Å²) in [6.07, 6.45) is 0. The van der Waals surface area contributed by atoms with Crippen molar-refractivity contribution >= 4 is 17.2 Å². The molecule has 3 aromatic heterocycles. The molecule has 0 amide bonds. The molecule has 0 radical (unpaired) electrons. The lowest BCUT2D eigenvalue weighted by Crippen LogP contribution is -2.14. The highest BCUT2D eigenvalue weighted by atomic mass is 35.5. The van der Waals surface area contributed by atoms with Crippen LogP contribution < -0.4 is 5.56 Å². The molecule has 0 fully saturated rings. The monoisotopic (exact) mass is 343 g/mol. The molecule has 1 aromatic carbocycles. The molecule has 24 heavy (non-hydrogen) atoms. The second-order valence-corrected chi connectivity index (χ2v) is 5.57. The molecule has 4 rings (SSSR count). The Bertz CT molecular complexity index is 1110. The van der Waals surface area contributed by atoms with E-state index >= 15 is 0 Å². The van der Waals surface area contributed by atoms with E-state index in [0.717, 1.165) is 10.1 Å². The first kappa shape index (κ1) is 14.5. The highest BCUT2D eigenvalue weighted by Gasteiger charge is 2.22. The minimum atomic E-state index is -0.411. The number of rotatable bonds is 2. The Hall–Kier alpha value is -3.13. The zero-order valence-electron chi connectivity index (χ0n) is 12.3. The molecule has 0 atom stereocenters. The standard InChI is InChI=1S/C15H10ClN5O3/c1-7-17-15(24-20-7)12-13-18-10(8-2-4-9(16)5-3-8)6-11(22)21(13)19-14(12)23/h2-6,18H,1H3,(H,19,23). The normalized spacial score (nSPS) is 11.2. The second-order valence-electron chi connectivity index (χ2n) is 5.13. The van der Waals surface area contributed by atoms with E-state index in [0.29, 0.717) is 16.5 Å². The summed E-state index contributed by atoms with van der Waals surface area (Å²) in [6, 6.07) is 8.37. The number of aromatic hydroxyl groups is 1. The number of halogens is 1. The summed E-state index contributed by atoms with van der Waals surface area (Å²) < 4.78 is 6.13. The first-order valence-corrected chi connectivity index (χ1v) is 7.32. The molecule has 3 heterocycles. The molecule has 0 saturated heterocycles. The van der Waals surface area contributed by atoms with E-state index in [2.05, 4.69) is 20.2 Å². The summed E-state index contributed by atoms with van der Waals surface area (Å²) in [7, 11) is 0. The van der Waals surface area contributed by atoms with Crippen molar-refractivity contribution in [1.29, 1.82) is 0 Å². The Balaban J connectivity index is 2.00. The fraction of sp³-hybridized carbons (Fsp3) is 0.0667. The highest BCUT2D eigenvalue weighted by molar-refractivity contribution is 6.30. The van der Waals surface area contributed by atoms with Gasteiger partial charge in [0.15, 0.2) is 11.5 Å². The third-order valence-corrected chi connectivity index (χ3v) is 3.75. The Kier molecular flexibility index (Phi) is 3.14. The average molecular weight is 344 g/mol. The summed E-state index contributed by atoms with van der Waals surface area (Å²) in [6.45, 7) is 1.65. The van der Waals surface area contributed by atoms with Gasteiger partial charge in [0.25, 0.3) is 11.4 Å². The molecule has 0 aliphatic rings. The van der Waals surface area contributed by atoms with Crippen LogP contribution >= 0.6 is 11.6 Å². The molecule has 0 aliphatic heterocycles. The second kappa shape index (κ2) is 5.20. The van der Waals surface area contributed by atoms with Crippen LogP contribution in [-0.4, -0.2) is 29.8 Å². The maximum Gasteiger partial charge on any atom is 0.275 e. The molecule has 4 aromatic rings. The zero-order valence-corrected chi connectivity index (χ0v) is 13.1. The number of benzene rings is 1. The van der Waals surface area contributed by atoms with Crippen molar-refractivity contribution in [3.05, 3.63) is 51.5 Å². The van der Waals surface area contributed by atoms with Crippen molar-refractivity contribution in [1.82, 2.24) is 24.7 Å². The summed E-state index contributed by atoms with van der Waals surface area (Å²) in [5, 5.41) is 18.2. The maximum atomic E-state index is 12.3. The molecule has 0 aliphatic carbocycles. The Morgan fingerprint density at radius 2 is 2.04 bits per heavy atom. The predicted octanol–water partition coefficient (Wildman–Crippen LogP) is 2.41. The summed E-state index contributed by atoms with van der Waals surface area (Å²) >= 11 is 5.89. The Morgan fingerprint density at radius 1 is 1.29 bits per heavy atom. The molecule has 120 valence electrons. The van der Waals surface area contributed by atoms with Gasteiger partial charge in [-0.3, -0.25) is 4.79 Å². The number of hydrogen-bond donors (Lipinski definition) is 2. The number of H-pyrrole nitrogens is 1. The summed E-state index contributed by atoms with van der Waals surface area (Å²) in [5.41, 5.74) is 1.32. The van der Waals surface area contributed by atoms with Gasteiger partial charge in [-0.1, -0.05) is 28.9 Å². The summed E-state index contributed by atoms with van der Waals surface area (Å²) in [5.74, 6) is 0.101. The fourth-order valence-electron chi connectivity index (χ4n) is 2.41. The van der Waals surface area contributed by atoms with Crippen LogP contribution in [0.2, 0.25) is 5.02 Å². The molecule has 2 N–H and O–H groups in total. The van der Waals surface area contributed by atoms with Crippen molar-refractivity contribution in [2.45, 2.75) is 6.92 Å². The number of hydrogen-bond acceptors (Lipinski definition) is 6. The van der Waals surface area contributed by atoms with Crippen molar-refractivity contribution in [2.75, 3.05) is 0 Å². The summed E-state index contributed by atoms with van der Waals surface area (Å²) in [4.78, 5) is 19.5. The van der Waals surface area contributed by atoms with Gasteiger partial charge >= 0.3 is 0 Å². The SMILES string of the molecule is Cc1noc(-c2c(O)nn3c(=O)cc(-c4ccc(Cl)cc4)[nH]c23)n1.